The monoisotopic (exact) mass is 486 g/mol. The van der Waals surface area contributed by atoms with Gasteiger partial charge in [-0.1, -0.05) is 6.07 Å². The maximum Gasteiger partial charge on any atom is 0.320 e. The summed E-state index contributed by atoms with van der Waals surface area (Å²) in [5.74, 6) is 0.694. The van der Waals surface area contributed by atoms with E-state index < -0.39 is 12.0 Å². The minimum Gasteiger partial charge on any atom is -0.480 e. The molecule has 1 fully saturated rings. The van der Waals surface area contributed by atoms with Crippen LogP contribution in [0.1, 0.15) is 30.4 Å². The Labute approximate surface area is 203 Å². The second-order valence-corrected chi connectivity index (χ2v) is 9.38. The highest BCUT2D eigenvalue weighted by Gasteiger charge is 2.21. The Bertz CT molecular complexity index is 1200. The molecule has 0 radical (unpaired) electrons. The summed E-state index contributed by atoms with van der Waals surface area (Å²) >= 11 is 5.75. The number of aliphatic carboxylic acids is 1. The Morgan fingerprint density at radius 3 is 2.76 bits per heavy atom. The number of aromatic nitrogens is 3. The molecule has 3 heterocycles. The van der Waals surface area contributed by atoms with Gasteiger partial charge in [0.2, 0.25) is 0 Å². The first-order valence-corrected chi connectivity index (χ1v) is 12.2. The molecule has 0 bridgehead atoms. The molecule has 2 N–H and O–H groups in total. The summed E-state index contributed by atoms with van der Waals surface area (Å²) in [6.07, 6.45) is 4.20. The number of carbonyl (C=O) groups is 1. The number of aryl methyl sites for hydroxylation is 2. The predicted molar refractivity (Wildman–Crippen MR) is 132 cm³/mol. The minimum atomic E-state index is -0.908. The maximum absolute atomic E-state index is 12.3. The SMILES string of the molecule is Cc1cc(-c2nc3cc(CN[C@@H](CCCl)C(=O)O)ccc3n2CC2CCOCC2)cn(C)c1=O. The molecule has 0 saturated carbocycles. The summed E-state index contributed by atoms with van der Waals surface area (Å²) in [7, 11) is 1.76. The van der Waals surface area contributed by atoms with E-state index in [0.717, 1.165) is 60.6 Å². The Balaban J connectivity index is 1.71. The van der Waals surface area contributed by atoms with E-state index in [1.54, 1.807) is 11.6 Å². The normalized spacial score (nSPS) is 15.6. The fraction of sp³-hybridized carbons (Fsp3) is 0.480. The van der Waals surface area contributed by atoms with Crippen molar-refractivity contribution in [1.29, 1.82) is 0 Å². The molecule has 9 heteroatoms. The topological polar surface area (TPSA) is 98.4 Å². The molecule has 34 heavy (non-hydrogen) atoms. The zero-order valence-electron chi connectivity index (χ0n) is 19.6. The van der Waals surface area contributed by atoms with Crippen LogP contribution in [-0.2, 0) is 29.7 Å². The van der Waals surface area contributed by atoms with Gasteiger partial charge in [-0.2, -0.15) is 0 Å². The molecule has 0 spiro atoms. The molecule has 4 rings (SSSR count). The number of carboxylic acid groups (broad SMARTS) is 1. The third kappa shape index (κ3) is 5.35. The van der Waals surface area contributed by atoms with Crippen molar-refractivity contribution in [1.82, 2.24) is 19.4 Å². The van der Waals surface area contributed by atoms with Crippen LogP contribution in [0.2, 0.25) is 0 Å². The number of halogens is 1. The van der Waals surface area contributed by atoms with E-state index in [9.17, 15) is 14.7 Å². The molecule has 0 aliphatic carbocycles. The van der Waals surface area contributed by atoms with E-state index in [1.165, 1.54) is 0 Å². The summed E-state index contributed by atoms with van der Waals surface area (Å²) in [4.78, 5) is 28.7. The summed E-state index contributed by atoms with van der Waals surface area (Å²) in [5.41, 5.74) is 4.37. The van der Waals surface area contributed by atoms with Crippen LogP contribution in [0.25, 0.3) is 22.4 Å². The Morgan fingerprint density at radius 1 is 1.32 bits per heavy atom. The lowest BCUT2D eigenvalue weighted by molar-refractivity contribution is -0.139. The van der Waals surface area contributed by atoms with Gasteiger partial charge in [-0.15, -0.1) is 11.6 Å². The van der Waals surface area contributed by atoms with Gasteiger partial charge in [0, 0.05) is 56.6 Å². The van der Waals surface area contributed by atoms with E-state index in [0.29, 0.717) is 24.4 Å². The van der Waals surface area contributed by atoms with Gasteiger partial charge in [0.05, 0.1) is 11.0 Å². The fourth-order valence-corrected chi connectivity index (χ4v) is 4.76. The number of hydrogen-bond donors (Lipinski definition) is 2. The van der Waals surface area contributed by atoms with Crippen molar-refractivity contribution < 1.29 is 14.6 Å². The van der Waals surface area contributed by atoms with Crippen molar-refractivity contribution in [3.8, 4) is 11.4 Å². The largest absolute Gasteiger partial charge is 0.480 e. The number of pyridine rings is 1. The second-order valence-electron chi connectivity index (χ2n) is 9.00. The average Bonchev–Trinajstić information content (AvgIpc) is 3.17. The summed E-state index contributed by atoms with van der Waals surface area (Å²) in [6, 6.07) is 7.27. The number of benzene rings is 1. The van der Waals surface area contributed by atoms with Crippen LogP contribution < -0.4 is 10.9 Å². The number of hydrogen-bond acceptors (Lipinski definition) is 5. The van der Waals surface area contributed by atoms with Gasteiger partial charge < -0.3 is 24.3 Å². The second kappa shape index (κ2) is 10.7. The average molecular weight is 487 g/mol. The Hall–Kier alpha value is -2.68. The first-order chi connectivity index (χ1) is 16.4. The van der Waals surface area contributed by atoms with Gasteiger partial charge in [-0.25, -0.2) is 4.98 Å². The molecule has 2 aromatic heterocycles. The van der Waals surface area contributed by atoms with Crippen molar-refractivity contribution in [2.75, 3.05) is 19.1 Å². The molecule has 0 amide bonds. The van der Waals surface area contributed by atoms with Crippen LogP contribution >= 0.6 is 11.6 Å². The maximum atomic E-state index is 12.3. The fourth-order valence-electron chi connectivity index (χ4n) is 4.54. The number of ether oxygens (including phenoxy) is 1. The molecule has 1 aliphatic heterocycles. The van der Waals surface area contributed by atoms with E-state index >= 15 is 0 Å². The number of fused-ring (bicyclic) bond motifs is 1. The van der Waals surface area contributed by atoms with Crippen molar-refractivity contribution in [3.05, 3.63) is 51.9 Å². The third-order valence-corrected chi connectivity index (χ3v) is 6.68. The molecule has 3 aromatic rings. The highest BCUT2D eigenvalue weighted by Crippen LogP contribution is 2.29. The Morgan fingerprint density at radius 2 is 2.09 bits per heavy atom. The minimum absolute atomic E-state index is 0.0193. The number of nitrogens with one attached hydrogen (secondary N) is 1. The molecule has 1 aliphatic rings. The van der Waals surface area contributed by atoms with Crippen LogP contribution in [0.4, 0.5) is 0 Å². The van der Waals surface area contributed by atoms with Gasteiger partial charge in [-0.05, 0) is 55.9 Å². The zero-order chi connectivity index (χ0) is 24.2. The van der Waals surface area contributed by atoms with Crippen LogP contribution in [0, 0.1) is 12.8 Å². The molecular weight excluding hydrogens is 456 g/mol. The highest BCUT2D eigenvalue weighted by atomic mass is 35.5. The summed E-state index contributed by atoms with van der Waals surface area (Å²) in [5, 5.41) is 12.4. The van der Waals surface area contributed by atoms with Gasteiger partial charge >= 0.3 is 5.97 Å². The Kier molecular flexibility index (Phi) is 7.70. The van der Waals surface area contributed by atoms with E-state index in [2.05, 4.69) is 9.88 Å². The van der Waals surface area contributed by atoms with Crippen molar-refractivity contribution in [3.63, 3.8) is 0 Å². The first kappa shape index (κ1) is 24.4. The molecule has 8 nitrogen and oxygen atoms in total. The first-order valence-electron chi connectivity index (χ1n) is 11.6. The summed E-state index contributed by atoms with van der Waals surface area (Å²) in [6.45, 7) is 4.60. The van der Waals surface area contributed by atoms with Crippen molar-refractivity contribution in [2.24, 2.45) is 13.0 Å². The van der Waals surface area contributed by atoms with Gasteiger partial charge in [0.15, 0.2) is 0 Å². The molecule has 1 aromatic carbocycles. The highest BCUT2D eigenvalue weighted by molar-refractivity contribution is 6.18. The van der Waals surface area contributed by atoms with E-state index in [1.807, 2.05) is 37.4 Å². The summed E-state index contributed by atoms with van der Waals surface area (Å²) < 4.78 is 9.39. The lowest BCUT2D eigenvalue weighted by atomic mass is 10.00. The lowest BCUT2D eigenvalue weighted by Gasteiger charge is -2.23. The molecular formula is C25H31ClN4O4. The predicted octanol–water partition coefficient (Wildman–Crippen LogP) is 3.31. The van der Waals surface area contributed by atoms with Crippen molar-refractivity contribution in [2.45, 2.75) is 45.3 Å². The van der Waals surface area contributed by atoms with Gasteiger partial charge in [0.25, 0.3) is 5.56 Å². The third-order valence-electron chi connectivity index (χ3n) is 6.46. The number of carboxylic acids is 1. The number of alkyl halides is 1. The van der Waals surface area contributed by atoms with Crippen molar-refractivity contribution >= 4 is 28.6 Å². The quantitative estimate of drug-likeness (QED) is 0.450. The number of imidazole rings is 1. The van der Waals surface area contributed by atoms with E-state index in [4.69, 9.17) is 21.3 Å². The van der Waals surface area contributed by atoms with Crippen LogP contribution in [0.15, 0.2) is 35.3 Å². The van der Waals surface area contributed by atoms with E-state index in [-0.39, 0.29) is 11.4 Å². The molecule has 1 saturated heterocycles. The molecule has 0 unspecified atom stereocenters. The van der Waals surface area contributed by atoms with Crippen LogP contribution in [0.3, 0.4) is 0 Å². The number of nitrogens with zero attached hydrogens (tertiary/aromatic N) is 3. The van der Waals surface area contributed by atoms with Crippen LogP contribution in [0.5, 0.6) is 0 Å². The standard InChI is InChI=1S/C25H31ClN4O4/c1-16-11-19(15-29(2)24(16)31)23-28-21-12-18(13-27-20(5-8-26)25(32)33)3-4-22(21)30(23)14-17-6-9-34-10-7-17/h3-4,11-12,15,17,20,27H,5-10,13-14H2,1-2H3,(H,32,33)/t20-/m0/s1. The molecule has 1 atom stereocenters. The van der Waals surface area contributed by atoms with Crippen LogP contribution in [-0.4, -0.2) is 50.3 Å². The molecule has 182 valence electrons. The smallest absolute Gasteiger partial charge is 0.320 e. The zero-order valence-corrected chi connectivity index (χ0v) is 20.3. The lowest BCUT2D eigenvalue weighted by Crippen LogP contribution is -2.36. The van der Waals surface area contributed by atoms with Gasteiger partial charge in [0.1, 0.15) is 11.9 Å². The number of rotatable bonds is 9. The van der Waals surface area contributed by atoms with Gasteiger partial charge in [-0.3, -0.25) is 9.59 Å².